The molecule has 0 radical (unpaired) electrons. The molecule has 1 nitrogen and oxygen atoms in total. The Morgan fingerprint density at radius 1 is 0.944 bits per heavy atom. The summed E-state index contributed by atoms with van der Waals surface area (Å²) in [6.45, 7) is 14.6. The van der Waals surface area contributed by atoms with Gasteiger partial charge in [-0.2, -0.15) is 0 Å². The summed E-state index contributed by atoms with van der Waals surface area (Å²) in [4.78, 5) is 0. The van der Waals surface area contributed by atoms with Crippen LogP contribution in [0.5, 0.6) is 0 Å². The summed E-state index contributed by atoms with van der Waals surface area (Å²) >= 11 is 0. The maximum absolute atomic E-state index is 2.37. The Labute approximate surface area is 114 Å². The number of fused-ring (bicyclic) bond motifs is 1. The Kier molecular flexibility index (Phi) is 10.4. The Bertz CT molecular complexity index is 424. The second-order valence-electron chi connectivity index (χ2n) is 3.81. The average Bonchev–Trinajstić information content (AvgIpc) is 2.70. The topological polar surface area (TPSA) is 4.93 Å². The molecule has 0 aliphatic carbocycles. The van der Waals surface area contributed by atoms with Crippen molar-refractivity contribution >= 4 is 10.9 Å². The number of para-hydroxylation sites is 1. The fourth-order valence-electron chi connectivity index (χ4n) is 2.00. The van der Waals surface area contributed by atoms with Gasteiger partial charge in [0.15, 0.2) is 0 Å². The van der Waals surface area contributed by atoms with Gasteiger partial charge in [0.25, 0.3) is 0 Å². The molecular weight excluding hydrogens is 218 g/mol. The van der Waals surface area contributed by atoms with Gasteiger partial charge in [-0.3, -0.25) is 0 Å². The van der Waals surface area contributed by atoms with Gasteiger partial charge in [-0.25, -0.2) is 0 Å². The summed E-state index contributed by atoms with van der Waals surface area (Å²) in [7, 11) is 0. The van der Waals surface area contributed by atoms with Gasteiger partial charge in [0.2, 0.25) is 0 Å². The van der Waals surface area contributed by atoms with Crippen LogP contribution in [0.1, 0.15) is 60.7 Å². The molecule has 1 aromatic carbocycles. The number of aryl methyl sites for hydroxylation is 1. The summed E-state index contributed by atoms with van der Waals surface area (Å²) in [5.41, 5.74) is 2.69. The highest BCUT2D eigenvalue weighted by molar-refractivity contribution is 5.81. The third-order valence-electron chi connectivity index (χ3n) is 2.46. The minimum Gasteiger partial charge on any atom is -0.342 e. The van der Waals surface area contributed by atoms with Crippen LogP contribution in [-0.4, -0.2) is 4.57 Å². The van der Waals surface area contributed by atoms with Crippen LogP contribution in [0.4, 0.5) is 0 Å². The van der Waals surface area contributed by atoms with Crippen LogP contribution < -0.4 is 0 Å². The standard InChI is InChI=1S/C12H15N.2C2H6.CH4/c1-9(2)13-10(3)8-11-6-4-5-7-12(11)13;2*1-2;/h4-9H,1-3H3;2*1-2H3;1H4. The summed E-state index contributed by atoms with van der Waals surface area (Å²) in [5, 5.41) is 1.34. The zero-order chi connectivity index (χ0) is 13.4. The second kappa shape index (κ2) is 9.76. The third-order valence-corrected chi connectivity index (χ3v) is 2.46. The molecule has 18 heavy (non-hydrogen) atoms. The quantitative estimate of drug-likeness (QED) is 0.565. The second-order valence-corrected chi connectivity index (χ2v) is 3.81. The molecule has 0 bridgehead atoms. The van der Waals surface area contributed by atoms with Crippen LogP contribution >= 0.6 is 0 Å². The highest BCUT2D eigenvalue weighted by Gasteiger charge is 2.06. The predicted octanol–water partition coefficient (Wildman–Crippen LogP) is 6.22. The highest BCUT2D eigenvalue weighted by Crippen LogP contribution is 2.22. The lowest BCUT2D eigenvalue weighted by Gasteiger charge is -2.11. The van der Waals surface area contributed by atoms with Crippen molar-refractivity contribution in [3.8, 4) is 0 Å². The van der Waals surface area contributed by atoms with Gasteiger partial charge in [-0.15, -0.1) is 0 Å². The normalized spacial score (nSPS) is 8.89. The van der Waals surface area contributed by atoms with E-state index in [4.69, 9.17) is 0 Å². The van der Waals surface area contributed by atoms with E-state index in [2.05, 4.69) is 55.7 Å². The monoisotopic (exact) mass is 249 g/mol. The molecule has 0 spiro atoms. The maximum Gasteiger partial charge on any atom is 0.0484 e. The number of rotatable bonds is 1. The van der Waals surface area contributed by atoms with Crippen molar-refractivity contribution in [3.05, 3.63) is 36.0 Å². The van der Waals surface area contributed by atoms with Crippen LogP contribution in [0.2, 0.25) is 0 Å². The van der Waals surface area contributed by atoms with Gasteiger partial charge in [-0.05, 0) is 38.3 Å². The molecule has 0 fully saturated rings. The van der Waals surface area contributed by atoms with Crippen LogP contribution in [-0.2, 0) is 0 Å². The zero-order valence-corrected chi connectivity index (χ0v) is 12.4. The van der Waals surface area contributed by atoms with E-state index >= 15 is 0 Å². The van der Waals surface area contributed by atoms with E-state index in [1.54, 1.807) is 0 Å². The zero-order valence-electron chi connectivity index (χ0n) is 12.4. The van der Waals surface area contributed by atoms with E-state index in [1.807, 2.05) is 27.7 Å². The van der Waals surface area contributed by atoms with Crippen molar-refractivity contribution in [1.29, 1.82) is 0 Å². The molecule has 1 heterocycles. The molecule has 2 rings (SSSR count). The minimum atomic E-state index is 0. The molecule has 1 aromatic heterocycles. The van der Waals surface area contributed by atoms with E-state index in [9.17, 15) is 0 Å². The number of hydrogen-bond acceptors (Lipinski definition) is 0. The van der Waals surface area contributed by atoms with Crippen molar-refractivity contribution in [2.75, 3.05) is 0 Å². The molecule has 0 atom stereocenters. The molecule has 0 saturated heterocycles. The lowest BCUT2D eigenvalue weighted by Crippen LogP contribution is -2.01. The minimum absolute atomic E-state index is 0. The first-order valence-electron chi connectivity index (χ1n) is 6.76. The van der Waals surface area contributed by atoms with Gasteiger partial charge in [0.05, 0.1) is 0 Å². The first kappa shape index (κ1) is 19.1. The molecule has 2 aromatic rings. The van der Waals surface area contributed by atoms with Crippen molar-refractivity contribution in [2.24, 2.45) is 0 Å². The molecule has 0 unspecified atom stereocenters. The number of benzene rings is 1. The molecule has 0 aliphatic rings. The molecule has 0 saturated carbocycles. The fourth-order valence-corrected chi connectivity index (χ4v) is 2.00. The molecule has 1 heteroatoms. The van der Waals surface area contributed by atoms with Crippen molar-refractivity contribution in [2.45, 2.75) is 61.9 Å². The van der Waals surface area contributed by atoms with Gasteiger partial charge < -0.3 is 4.57 Å². The molecule has 0 aliphatic heterocycles. The fraction of sp³-hybridized carbons (Fsp3) is 0.529. The lowest BCUT2D eigenvalue weighted by atomic mass is 10.2. The smallest absolute Gasteiger partial charge is 0.0484 e. The highest BCUT2D eigenvalue weighted by atomic mass is 15.0. The van der Waals surface area contributed by atoms with Crippen LogP contribution in [0.25, 0.3) is 10.9 Å². The Morgan fingerprint density at radius 3 is 1.94 bits per heavy atom. The van der Waals surface area contributed by atoms with Gasteiger partial charge in [-0.1, -0.05) is 53.3 Å². The number of hydrogen-bond donors (Lipinski definition) is 0. The predicted molar refractivity (Wildman–Crippen MR) is 86.5 cm³/mol. The van der Waals surface area contributed by atoms with Gasteiger partial charge >= 0.3 is 0 Å². The maximum atomic E-state index is 2.37. The third kappa shape index (κ3) is 4.21. The summed E-state index contributed by atoms with van der Waals surface area (Å²) in [6, 6.07) is 11.3. The van der Waals surface area contributed by atoms with E-state index < -0.39 is 0 Å². The van der Waals surface area contributed by atoms with Crippen molar-refractivity contribution in [1.82, 2.24) is 4.57 Å². The summed E-state index contributed by atoms with van der Waals surface area (Å²) in [5.74, 6) is 0. The lowest BCUT2D eigenvalue weighted by molar-refractivity contribution is 0.608. The average molecular weight is 249 g/mol. The first-order chi connectivity index (χ1) is 8.20. The summed E-state index contributed by atoms with van der Waals surface area (Å²) in [6.07, 6.45) is 0. The first-order valence-corrected chi connectivity index (χ1v) is 6.76. The number of nitrogens with zero attached hydrogens (tertiary/aromatic N) is 1. The molecular formula is C17H31N. The molecule has 0 amide bonds. The van der Waals surface area contributed by atoms with E-state index in [0.29, 0.717) is 6.04 Å². The molecule has 104 valence electrons. The Hall–Kier alpha value is -1.24. The van der Waals surface area contributed by atoms with Gasteiger partial charge in [0.1, 0.15) is 0 Å². The van der Waals surface area contributed by atoms with E-state index in [-0.39, 0.29) is 7.43 Å². The largest absolute Gasteiger partial charge is 0.342 e. The van der Waals surface area contributed by atoms with Crippen LogP contribution in [0.3, 0.4) is 0 Å². The van der Waals surface area contributed by atoms with Crippen molar-refractivity contribution in [3.63, 3.8) is 0 Å². The molecule has 0 N–H and O–H groups in total. The van der Waals surface area contributed by atoms with Crippen molar-refractivity contribution < 1.29 is 0 Å². The van der Waals surface area contributed by atoms with Crippen LogP contribution in [0, 0.1) is 6.92 Å². The van der Waals surface area contributed by atoms with E-state index in [0.717, 1.165) is 0 Å². The Balaban J connectivity index is 0. The van der Waals surface area contributed by atoms with Gasteiger partial charge in [0, 0.05) is 17.3 Å². The number of aromatic nitrogens is 1. The summed E-state index contributed by atoms with van der Waals surface area (Å²) < 4.78 is 2.37. The Morgan fingerprint density at radius 2 is 1.44 bits per heavy atom. The van der Waals surface area contributed by atoms with Crippen LogP contribution in [0.15, 0.2) is 30.3 Å². The SMILES string of the molecule is C.CC.CC.Cc1cc2ccccc2n1C(C)C. The van der Waals surface area contributed by atoms with E-state index in [1.165, 1.54) is 16.6 Å².